The van der Waals surface area contributed by atoms with Gasteiger partial charge < -0.3 is 4.90 Å². The molecule has 1 aromatic heterocycles. The van der Waals surface area contributed by atoms with Crippen molar-refractivity contribution in [1.82, 2.24) is 14.5 Å². The Balaban J connectivity index is 1.42. The minimum Gasteiger partial charge on any atom is -0.369 e. The SMILES string of the molecule is O=C(Nc1nnc(S(=O)(=O)N2CCN(c3cccc(C(F)(F)F)c3)CC2)s1)c1ccccc1Cl. The third kappa shape index (κ3) is 5.17. The Hall–Kier alpha value is -2.74. The third-order valence-electron chi connectivity index (χ3n) is 5.08. The summed E-state index contributed by atoms with van der Waals surface area (Å²) in [4.78, 5) is 14.1. The van der Waals surface area contributed by atoms with Gasteiger partial charge >= 0.3 is 6.18 Å². The summed E-state index contributed by atoms with van der Waals surface area (Å²) in [5.74, 6) is -0.555. The molecule has 2 aromatic carbocycles. The van der Waals surface area contributed by atoms with Crippen molar-refractivity contribution in [3.63, 3.8) is 0 Å². The Morgan fingerprint density at radius 2 is 1.74 bits per heavy atom. The molecule has 14 heteroatoms. The van der Waals surface area contributed by atoms with E-state index < -0.39 is 27.7 Å². The van der Waals surface area contributed by atoms with E-state index in [4.69, 9.17) is 11.6 Å². The lowest BCUT2D eigenvalue weighted by Crippen LogP contribution is -2.48. The predicted molar refractivity (Wildman–Crippen MR) is 122 cm³/mol. The molecule has 180 valence electrons. The van der Waals surface area contributed by atoms with Crippen molar-refractivity contribution >= 4 is 49.7 Å². The fourth-order valence-electron chi connectivity index (χ4n) is 3.35. The van der Waals surface area contributed by atoms with Gasteiger partial charge in [-0.05, 0) is 30.3 Å². The van der Waals surface area contributed by atoms with Crippen LogP contribution in [0.1, 0.15) is 15.9 Å². The quantitative estimate of drug-likeness (QED) is 0.501. The first-order chi connectivity index (χ1) is 16.1. The number of benzene rings is 2. The fourth-order valence-corrected chi connectivity index (χ4v) is 6.03. The molecule has 1 N–H and O–H groups in total. The van der Waals surface area contributed by atoms with Gasteiger partial charge in [0.05, 0.1) is 16.1 Å². The Bertz CT molecular complexity index is 1310. The van der Waals surface area contributed by atoms with Crippen LogP contribution in [0.3, 0.4) is 0 Å². The molecule has 0 radical (unpaired) electrons. The van der Waals surface area contributed by atoms with E-state index in [0.717, 1.165) is 12.1 Å². The molecule has 1 saturated heterocycles. The van der Waals surface area contributed by atoms with Crippen molar-refractivity contribution in [2.45, 2.75) is 10.5 Å². The van der Waals surface area contributed by atoms with Crippen LogP contribution < -0.4 is 10.2 Å². The summed E-state index contributed by atoms with van der Waals surface area (Å²) in [6.07, 6.45) is -4.46. The van der Waals surface area contributed by atoms with Crippen molar-refractivity contribution in [2.24, 2.45) is 0 Å². The van der Waals surface area contributed by atoms with Crippen LogP contribution in [0.2, 0.25) is 5.02 Å². The average molecular weight is 532 g/mol. The van der Waals surface area contributed by atoms with Gasteiger partial charge in [0.1, 0.15) is 0 Å². The van der Waals surface area contributed by atoms with Gasteiger partial charge in [-0.15, -0.1) is 10.2 Å². The summed E-state index contributed by atoms with van der Waals surface area (Å²) < 4.78 is 65.8. The number of sulfonamides is 1. The largest absolute Gasteiger partial charge is 0.416 e. The van der Waals surface area contributed by atoms with Crippen molar-refractivity contribution in [3.8, 4) is 0 Å². The van der Waals surface area contributed by atoms with E-state index in [-0.39, 0.29) is 46.2 Å². The van der Waals surface area contributed by atoms with Gasteiger partial charge in [-0.3, -0.25) is 10.1 Å². The van der Waals surface area contributed by atoms with E-state index in [1.807, 2.05) is 0 Å². The van der Waals surface area contributed by atoms with Crippen molar-refractivity contribution in [2.75, 3.05) is 36.4 Å². The minimum atomic E-state index is -4.46. The first-order valence-electron chi connectivity index (χ1n) is 9.87. The third-order valence-corrected chi connectivity index (χ3v) is 8.50. The van der Waals surface area contributed by atoms with Gasteiger partial charge in [0.2, 0.25) is 9.47 Å². The predicted octanol–water partition coefficient (Wildman–Crippen LogP) is 3.97. The van der Waals surface area contributed by atoms with Crippen molar-refractivity contribution < 1.29 is 26.4 Å². The number of carbonyl (C=O) groups is 1. The van der Waals surface area contributed by atoms with Crippen LogP contribution in [0.5, 0.6) is 0 Å². The molecule has 0 aliphatic carbocycles. The zero-order chi connectivity index (χ0) is 24.5. The molecule has 2 heterocycles. The normalized spacial score (nSPS) is 15.4. The number of piperazine rings is 1. The number of halogens is 4. The number of hydrogen-bond acceptors (Lipinski definition) is 7. The second kappa shape index (κ2) is 9.49. The second-order valence-corrected chi connectivity index (χ2v) is 10.7. The molecule has 3 aromatic rings. The summed E-state index contributed by atoms with van der Waals surface area (Å²) in [5.41, 5.74) is -0.192. The van der Waals surface area contributed by atoms with Crippen LogP contribution in [0, 0.1) is 0 Å². The molecule has 0 spiro atoms. The van der Waals surface area contributed by atoms with Crippen LogP contribution in [-0.2, 0) is 16.2 Å². The molecular formula is C20H17ClF3N5O3S2. The number of rotatable bonds is 5. The van der Waals surface area contributed by atoms with Crippen LogP contribution >= 0.6 is 22.9 Å². The molecular weight excluding hydrogens is 515 g/mol. The highest BCUT2D eigenvalue weighted by Gasteiger charge is 2.34. The highest BCUT2D eigenvalue weighted by molar-refractivity contribution is 7.91. The Kier molecular flexibility index (Phi) is 6.80. The van der Waals surface area contributed by atoms with Crippen LogP contribution in [0.15, 0.2) is 52.9 Å². The summed E-state index contributed by atoms with van der Waals surface area (Å²) in [6, 6.07) is 11.3. The van der Waals surface area contributed by atoms with E-state index in [2.05, 4.69) is 15.5 Å². The molecule has 4 rings (SSSR count). The smallest absolute Gasteiger partial charge is 0.369 e. The van der Waals surface area contributed by atoms with Crippen molar-refractivity contribution in [1.29, 1.82) is 0 Å². The van der Waals surface area contributed by atoms with Gasteiger partial charge in [0.15, 0.2) is 0 Å². The van der Waals surface area contributed by atoms with Crippen LogP contribution in [-0.4, -0.2) is 55.0 Å². The van der Waals surface area contributed by atoms with Gasteiger partial charge in [-0.2, -0.15) is 17.5 Å². The van der Waals surface area contributed by atoms with E-state index in [1.54, 1.807) is 29.2 Å². The zero-order valence-electron chi connectivity index (χ0n) is 17.3. The van der Waals surface area contributed by atoms with Gasteiger partial charge in [0.25, 0.3) is 15.9 Å². The first-order valence-corrected chi connectivity index (χ1v) is 12.5. The number of aromatic nitrogens is 2. The number of hydrogen-bond donors (Lipinski definition) is 1. The molecule has 0 unspecified atom stereocenters. The van der Waals surface area contributed by atoms with Crippen LogP contribution in [0.4, 0.5) is 24.0 Å². The number of nitrogens with one attached hydrogen (secondary N) is 1. The lowest BCUT2D eigenvalue weighted by atomic mass is 10.1. The lowest BCUT2D eigenvalue weighted by molar-refractivity contribution is -0.137. The van der Waals surface area contributed by atoms with E-state index in [1.165, 1.54) is 16.4 Å². The van der Waals surface area contributed by atoms with E-state index in [0.29, 0.717) is 17.0 Å². The van der Waals surface area contributed by atoms with Crippen LogP contribution in [0.25, 0.3) is 0 Å². The lowest BCUT2D eigenvalue weighted by Gasteiger charge is -2.35. The Labute approximate surface area is 202 Å². The molecule has 1 fully saturated rings. The summed E-state index contributed by atoms with van der Waals surface area (Å²) >= 11 is 6.69. The molecule has 8 nitrogen and oxygen atoms in total. The molecule has 1 aliphatic heterocycles. The summed E-state index contributed by atoms with van der Waals surface area (Å²) in [5, 5.41) is 10.1. The minimum absolute atomic E-state index is 0.00824. The number of alkyl halides is 3. The molecule has 0 bridgehead atoms. The molecule has 1 aliphatic rings. The highest BCUT2D eigenvalue weighted by atomic mass is 35.5. The maximum Gasteiger partial charge on any atom is 0.416 e. The van der Waals surface area contributed by atoms with Gasteiger partial charge in [0, 0.05) is 31.9 Å². The number of amides is 1. The number of carbonyl (C=O) groups excluding carboxylic acids is 1. The second-order valence-electron chi connectivity index (χ2n) is 7.25. The Morgan fingerprint density at radius 1 is 1.03 bits per heavy atom. The maximum absolute atomic E-state index is 13.0. The number of anilines is 2. The summed E-state index contributed by atoms with van der Waals surface area (Å²) in [7, 11) is -3.99. The topological polar surface area (TPSA) is 95.5 Å². The van der Waals surface area contributed by atoms with Gasteiger partial charge in [-0.1, -0.05) is 41.1 Å². The zero-order valence-corrected chi connectivity index (χ0v) is 19.7. The molecule has 0 atom stereocenters. The maximum atomic E-state index is 13.0. The monoisotopic (exact) mass is 531 g/mol. The first kappa shape index (κ1) is 24.4. The Morgan fingerprint density at radius 3 is 2.41 bits per heavy atom. The highest BCUT2D eigenvalue weighted by Crippen LogP contribution is 2.32. The molecule has 34 heavy (non-hydrogen) atoms. The number of nitrogens with zero attached hydrogens (tertiary/aromatic N) is 4. The average Bonchev–Trinajstić information content (AvgIpc) is 3.28. The molecule has 1 amide bonds. The van der Waals surface area contributed by atoms with Crippen molar-refractivity contribution in [3.05, 3.63) is 64.7 Å². The molecule has 0 saturated carbocycles. The van der Waals surface area contributed by atoms with E-state index in [9.17, 15) is 26.4 Å². The van der Waals surface area contributed by atoms with Gasteiger partial charge in [-0.25, -0.2) is 8.42 Å². The standard InChI is InChI=1S/C20H17ClF3N5O3S2/c21-16-7-2-1-6-15(16)17(30)25-18-26-27-19(33-18)34(31,32)29-10-8-28(9-11-29)14-5-3-4-13(12-14)20(22,23)24/h1-7,12H,8-11H2,(H,25,26,30). The fraction of sp³-hybridized carbons (Fsp3) is 0.250. The summed E-state index contributed by atoms with van der Waals surface area (Å²) in [6.45, 7) is 0.518. The van der Waals surface area contributed by atoms with E-state index >= 15 is 0 Å².